The van der Waals surface area contributed by atoms with E-state index < -0.39 is 0 Å². The molecule has 82 valence electrons. The molecule has 0 amide bonds. The molecule has 1 nitrogen and oxygen atoms in total. The van der Waals surface area contributed by atoms with E-state index in [0.29, 0.717) is 11.5 Å². The van der Waals surface area contributed by atoms with Crippen molar-refractivity contribution in [3.05, 3.63) is 0 Å². The molecule has 2 aliphatic rings. The summed E-state index contributed by atoms with van der Waals surface area (Å²) in [7, 11) is 0. The first kappa shape index (κ1) is 10.8. The van der Waals surface area contributed by atoms with Gasteiger partial charge in [-0.1, -0.05) is 12.8 Å². The molecule has 1 saturated heterocycles. The minimum absolute atomic E-state index is 0.480. The van der Waals surface area contributed by atoms with E-state index in [0.717, 1.165) is 12.5 Å². The Labute approximate surface area is 92.2 Å². The van der Waals surface area contributed by atoms with Crippen LogP contribution in [0.1, 0.15) is 51.4 Å². The van der Waals surface area contributed by atoms with Crippen molar-refractivity contribution < 1.29 is 4.74 Å². The van der Waals surface area contributed by atoms with E-state index in [-0.39, 0.29) is 0 Å². The van der Waals surface area contributed by atoms with Gasteiger partial charge in [-0.25, -0.2) is 0 Å². The highest BCUT2D eigenvalue weighted by molar-refractivity contribution is 6.18. The van der Waals surface area contributed by atoms with Gasteiger partial charge in [0.2, 0.25) is 0 Å². The quantitative estimate of drug-likeness (QED) is 0.651. The van der Waals surface area contributed by atoms with Gasteiger partial charge >= 0.3 is 0 Å². The maximum atomic E-state index is 6.11. The second-order valence-electron chi connectivity index (χ2n) is 5.01. The highest BCUT2D eigenvalue weighted by atomic mass is 35.5. The smallest absolute Gasteiger partial charge is 0.0576 e. The molecule has 0 radical (unpaired) electrons. The molecule has 0 spiro atoms. The van der Waals surface area contributed by atoms with Gasteiger partial charge in [0.15, 0.2) is 0 Å². The fourth-order valence-corrected chi connectivity index (χ4v) is 3.32. The van der Waals surface area contributed by atoms with Crippen molar-refractivity contribution in [1.82, 2.24) is 0 Å². The fourth-order valence-electron chi connectivity index (χ4n) is 2.91. The first-order valence-electron chi connectivity index (χ1n) is 6.02. The summed E-state index contributed by atoms with van der Waals surface area (Å²) in [6, 6.07) is 0. The largest absolute Gasteiger partial charge is 0.378 e. The molecule has 2 heteroatoms. The van der Waals surface area contributed by atoms with Gasteiger partial charge in [0, 0.05) is 12.5 Å². The number of hydrogen-bond acceptors (Lipinski definition) is 1. The molecule has 2 fully saturated rings. The minimum Gasteiger partial charge on any atom is -0.378 e. The predicted octanol–water partition coefficient (Wildman–Crippen LogP) is 3.74. The van der Waals surface area contributed by atoms with Gasteiger partial charge in [0.1, 0.15) is 0 Å². The molecule has 0 aromatic heterocycles. The number of halogens is 1. The van der Waals surface area contributed by atoms with Crippen LogP contribution in [-0.2, 0) is 4.74 Å². The molecule has 0 aromatic carbocycles. The van der Waals surface area contributed by atoms with Crippen molar-refractivity contribution in [3.63, 3.8) is 0 Å². The maximum Gasteiger partial charge on any atom is 0.0576 e. The monoisotopic (exact) mass is 216 g/mol. The summed E-state index contributed by atoms with van der Waals surface area (Å²) in [6.07, 6.45) is 11.1. The third kappa shape index (κ3) is 2.43. The van der Waals surface area contributed by atoms with Crippen LogP contribution in [0.15, 0.2) is 0 Å². The van der Waals surface area contributed by atoms with Crippen LogP contribution >= 0.6 is 11.6 Å². The topological polar surface area (TPSA) is 9.23 Å². The van der Waals surface area contributed by atoms with Crippen LogP contribution in [0.4, 0.5) is 0 Å². The SMILES string of the molecule is ClCC1(CCC2CCCO2)CCCC1. The maximum absolute atomic E-state index is 6.11. The highest BCUT2D eigenvalue weighted by Gasteiger charge is 2.33. The second-order valence-corrected chi connectivity index (χ2v) is 5.28. The summed E-state index contributed by atoms with van der Waals surface area (Å²) in [6.45, 7) is 0.985. The van der Waals surface area contributed by atoms with Crippen molar-refractivity contribution in [2.45, 2.75) is 57.5 Å². The van der Waals surface area contributed by atoms with Gasteiger partial charge in [-0.15, -0.1) is 11.6 Å². The third-order valence-electron chi connectivity index (χ3n) is 3.97. The van der Waals surface area contributed by atoms with Gasteiger partial charge in [-0.05, 0) is 43.9 Å². The molecule has 1 saturated carbocycles. The zero-order valence-electron chi connectivity index (χ0n) is 8.93. The van der Waals surface area contributed by atoms with Crippen molar-refractivity contribution in [2.75, 3.05) is 12.5 Å². The molecule has 1 unspecified atom stereocenters. The Morgan fingerprint density at radius 3 is 2.57 bits per heavy atom. The van der Waals surface area contributed by atoms with E-state index >= 15 is 0 Å². The van der Waals surface area contributed by atoms with Gasteiger partial charge < -0.3 is 4.74 Å². The summed E-state index contributed by atoms with van der Waals surface area (Å²) < 4.78 is 5.66. The normalized spacial score (nSPS) is 31.1. The van der Waals surface area contributed by atoms with Gasteiger partial charge in [0.25, 0.3) is 0 Å². The van der Waals surface area contributed by atoms with Crippen LogP contribution in [0, 0.1) is 5.41 Å². The Morgan fingerprint density at radius 2 is 2.00 bits per heavy atom. The first-order chi connectivity index (χ1) is 6.85. The van der Waals surface area contributed by atoms with E-state index in [4.69, 9.17) is 16.3 Å². The van der Waals surface area contributed by atoms with E-state index in [1.807, 2.05) is 0 Å². The van der Waals surface area contributed by atoms with Crippen molar-refractivity contribution in [1.29, 1.82) is 0 Å². The van der Waals surface area contributed by atoms with Gasteiger partial charge in [-0.2, -0.15) is 0 Å². The Morgan fingerprint density at radius 1 is 1.21 bits per heavy atom. The molecule has 0 N–H and O–H groups in total. The highest BCUT2D eigenvalue weighted by Crippen LogP contribution is 2.43. The van der Waals surface area contributed by atoms with E-state index in [1.54, 1.807) is 0 Å². The zero-order valence-corrected chi connectivity index (χ0v) is 9.69. The van der Waals surface area contributed by atoms with Gasteiger partial charge in [0.05, 0.1) is 6.10 Å². The summed E-state index contributed by atoms with van der Waals surface area (Å²) in [5.74, 6) is 0.861. The molecule has 1 aliphatic heterocycles. The van der Waals surface area contributed by atoms with Crippen LogP contribution in [0.2, 0.25) is 0 Å². The lowest BCUT2D eigenvalue weighted by Crippen LogP contribution is -2.21. The average molecular weight is 217 g/mol. The number of alkyl halides is 1. The summed E-state index contributed by atoms with van der Waals surface area (Å²) in [5, 5.41) is 0. The van der Waals surface area contributed by atoms with Crippen LogP contribution in [-0.4, -0.2) is 18.6 Å². The summed E-state index contributed by atoms with van der Waals surface area (Å²) >= 11 is 6.11. The van der Waals surface area contributed by atoms with E-state index in [9.17, 15) is 0 Å². The standard InChI is InChI=1S/C12H21ClO/c13-10-12(6-1-2-7-12)8-5-11-4-3-9-14-11/h11H,1-10H2. The van der Waals surface area contributed by atoms with Gasteiger partial charge in [-0.3, -0.25) is 0 Å². The lowest BCUT2D eigenvalue weighted by molar-refractivity contribution is 0.0906. The summed E-state index contributed by atoms with van der Waals surface area (Å²) in [4.78, 5) is 0. The lowest BCUT2D eigenvalue weighted by Gasteiger charge is -2.27. The first-order valence-corrected chi connectivity index (χ1v) is 6.56. The molecule has 14 heavy (non-hydrogen) atoms. The Bertz CT molecular complexity index is 169. The lowest BCUT2D eigenvalue weighted by atomic mass is 9.82. The fraction of sp³-hybridized carbons (Fsp3) is 1.00. The van der Waals surface area contributed by atoms with E-state index in [1.165, 1.54) is 51.4 Å². The molecule has 1 aliphatic carbocycles. The Kier molecular flexibility index (Phi) is 3.73. The molecular weight excluding hydrogens is 196 g/mol. The van der Waals surface area contributed by atoms with Crippen molar-refractivity contribution in [3.8, 4) is 0 Å². The Balaban J connectivity index is 1.76. The molecular formula is C12H21ClO. The predicted molar refractivity (Wildman–Crippen MR) is 59.8 cm³/mol. The number of hydrogen-bond donors (Lipinski definition) is 0. The molecule has 1 atom stereocenters. The second kappa shape index (κ2) is 4.85. The van der Waals surface area contributed by atoms with Crippen LogP contribution in [0.25, 0.3) is 0 Å². The minimum atomic E-state index is 0.480. The van der Waals surface area contributed by atoms with Crippen molar-refractivity contribution >= 4 is 11.6 Å². The Hall–Kier alpha value is 0.250. The average Bonchev–Trinajstić information content (AvgIpc) is 2.87. The molecule has 1 heterocycles. The van der Waals surface area contributed by atoms with Crippen LogP contribution in [0.5, 0.6) is 0 Å². The molecule has 0 bridgehead atoms. The third-order valence-corrected chi connectivity index (χ3v) is 4.54. The number of rotatable bonds is 4. The van der Waals surface area contributed by atoms with Crippen LogP contribution < -0.4 is 0 Å². The van der Waals surface area contributed by atoms with Crippen LogP contribution in [0.3, 0.4) is 0 Å². The van der Waals surface area contributed by atoms with Crippen molar-refractivity contribution in [2.24, 2.45) is 5.41 Å². The van der Waals surface area contributed by atoms with E-state index in [2.05, 4.69) is 0 Å². The summed E-state index contributed by atoms with van der Waals surface area (Å²) in [5.41, 5.74) is 0.480. The molecule has 0 aromatic rings. The zero-order chi connectivity index (χ0) is 9.86. The number of ether oxygens (including phenoxy) is 1. The molecule has 2 rings (SSSR count).